The number of anilines is 1. The monoisotopic (exact) mass is 177 g/mol. The number of carbonyl (C=O) groups excluding carboxylic acids is 1. The summed E-state index contributed by atoms with van der Waals surface area (Å²) >= 11 is 0. The number of phenolic OH excluding ortho intramolecular Hbond substituents is 1. The highest BCUT2D eigenvalue weighted by molar-refractivity contribution is 5.91. The topological polar surface area (TPSA) is 49.3 Å². The van der Waals surface area contributed by atoms with Crippen LogP contribution < -0.4 is 5.32 Å². The standard InChI is InChI=1S/C10H11NO2/c1-2-3-10(13)11-8-4-6-9(12)7-5-8/h2,4-7,12H,1,3H2,(H,11,13). The second-order valence-corrected chi connectivity index (χ2v) is 2.59. The second-order valence-electron chi connectivity index (χ2n) is 2.59. The van der Waals surface area contributed by atoms with Crippen LogP contribution in [0.15, 0.2) is 36.9 Å². The Morgan fingerprint density at radius 2 is 2.08 bits per heavy atom. The van der Waals surface area contributed by atoms with Gasteiger partial charge in [-0.2, -0.15) is 0 Å². The molecule has 0 heterocycles. The first kappa shape index (κ1) is 9.32. The van der Waals surface area contributed by atoms with E-state index < -0.39 is 0 Å². The number of phenols is 1. The summed E-state index contributed by atoms with van der Waals surface area (Å²) in [6, 6.07) is 6.31. The Labute approximate surface area is 76.7 Å². The van der Waals surface area contributed by atoms with Gasteiger partial charge in [-0.15, -0.1) is 6.58 Å². The van der Waals surface area contributed by atoms with Crippen LogP contribution in [0.2, 0.25) is 0 Å². The number of carbonyl (C=O) groups is 1. The van der Waals surface area contributed by atoms with E-state index in [4.69, 9.17) is 5.11 Å². The van der Waals surface area contributed by atoms with E-state index >= 15 is 0 Å². The molecule has 0 bridgehead atoms. The minimum Gasteiger partial charge on any atom is -0.508 e. The van der Waals surface area contributed by atoms with Crippen LogP contribution in [0.1, 0.15) is 6.42 Å². The van der Waals surface area contributed by atoms with Gasteiger partial charge in [-0.3, -0.25) is 4.79 Å². The predicted molar refractivity (Wildman–Crippen MR) is 51.6 cm³/mol. The average molecular weight is 177 g/mol. The highest BCUT2D eigenvalue weighted by Gasteiger charge is 1.98. The normalized spacial score (nSPS) is 9.23. The van der Waals surface area contributed by atoms with Gasteiger partial charge in [-0.05, 0) is 24.3 Å². The average Bonchev–Trinajstić information content (AvgIpc) is 2.09. The Balaban J connectivity index is 2.59. The summed E-state index contributed by atoms with van der Waals surface area (Å²) in [6.07, 6.45) is 1.83. The van der Waals surface area contributed by atoms with Crippen molar-refractivity contribution in [3.05, 3.63) is 36.9 Å². The molecule has 0 radical (unpaired) electrons. The van der Waals surface area contributed by atoms with E-state index in [1.165, 1.54) is 18.2 Å². The number of amides is 1. The third kappa shape index (κ3) is 2.99. The van der Waals surface area contributed by atoms with Crippen molar-refractivity contribution in [2.75, 3.05) is 5.32 Å². The van der Waals surface area contributed by atoms with Gasteiger partial charge in [0.05, 0.1) is 0 Å². The number of hydrogen-bond acceptors (Lipinski definition) is 2. The molecule has 0 fully saturated rings. The summed E-state index contributed by atoms with van der Waals surface area (Å²) in [4.78, 5) is 11.1. The lowest BCUT2D eigenvalue weighted by Crippen LogP contribution is -2.09. The Bertz CT molecular complexity index is 303. The van der Waals surface area contributed by atoms with E-state index in [2.05, 4.69) is 11.9 Å². The molecule has 3 heteroatoms. The van der Waals surface area contributed by atoms with Gasteiger partial charge in [-0.25, -0.2) is 0 Å². The van der Waals surface area contributed by atoms with Gasteiger partial charge in [0.2, 0.25) is 5.91 Å². The summed E-state index contributed by atoms with van der Waals surface area (Å²) in [5.41, 5.74) is 0.671. The van der Waals surface area contributed by atoms with Gasteiger partial charge in [-0.1, -0.05) is 6.08 Å². The molecule has 2 N–H and O–H groups in total. The van der Waals surface area contributed by atoms with E-state index in [1.54, 1.807) is 12.1 Å². The van der Waals surface area contributed by atoms with Crippen LogP contribution in [0.3, 0.4) is 0 Å². The molecule has 0 aliphatic heterocycles. The zero-order valence-electron chi connectivity index (χ0n) is 7.16. The van der Waals surface area contributed by atoms with Crippen LogP contribution in [0.25, 0.3) is 0 Å². The summed E-state index contributed by atoms with van der Waals surface area (Å²) in [5.74, 6) is 0.0717. The lowest BCUT2D eigenvalue weighted by atomic mass is 10.3. The Kier molecular flexibility index (Phi) is 3.09. The molecule has 1 amide bonds. The number of hydrogen-bond donors (Lipinski definition) is 2. The van der Waals surface area contributed by atoms with Crippen molar-refractivity contribution in [3.63, 3.8) is 0 Å². The largest absolute Gasteiger partial charge is 0.508 e. The Hall–Kier alpha value is -1.77. The summed E-state index contributed by atoms with van der Waals surface area (Å²) in [5, 5.41) is 11.6. The molecule has 0 spiro atoms. The molecule has 0 saturated heterocycles. The van der Waals surface area contributed by atoms with Crippen LogP contribution in [0.5, 0.6) is 5.75 Å². The third-order valence-corrected chi connectivity index (χ3v) is 1.48. The second kappa shape index (κ2) is 4.30. The molecule has 1 rings (SSSR count). The van der Waals surface area contributed by atoms with Crippen LogP contribution in [0, 0.1) is 0 Å². The molecule has 0 atom stereocenters. The zero-order valence-corrected chi connectivity index (χ0v) is 7.16. The lowest BCUT2D eigenvalue weighted by Gasteiger charge is -2.02. The highest BCUT2D eigenvalue weighted by Crippen LogP contribution is 2.13. The smallest absolute Gasteiger partial charge is 0.228 e. The maximum atomic E-state index is 11.1. The lowest BCUT2D eigenvalue weighted by molar-refractivity contribution is -0.115. The van der Waals surface area contributed by atoms with Crippen molar-refractivity contribution in [1.29, 1.82) is 0 Å². The molecule has 0 aromatic heterocycles. The van der Waals surface area contributed by atoms with Crippen molar-refractivity contribution in [2.45, 2.75) is 6.42 Å². The van der Waals surface area contributed by atoms with Gasteiger partial charge < -0.3 is 10.4 Å². The summed E-state index contributed by atoms with van der Waals surface area (Å²) in [6.45, 7) is 3.46. The van der Waals surface area contributed by atoms with Crippen molar-refractivity contribution in [1.82, 2.24) is 0 Å². The van der Waals surface area contributed by atoms with E-state index in [1.807, 2.05) is 0 Å². The van der Waals surface area contributed by atoms with Crippen LogP contribution in [0.4, 0.5) is 5.69 Å². The SMILES string of the molecule is C=CCC(=O)Nc1ccc(O)cc1. The number of rotatable bonds is 3. The fourth-order valence-electron chi connectivity index (χ4n) is 0.888. The van der Waals surface area contributed by atoms with Crippen molar-refractivity contribution < 1.29 is 9.90 Å². The van der Waals surface area contributed by atoms with Crippen LogP contribution in [-0.2, 0) is 4.79 Å². The molecule has 1 aromatic carbocycles. The van der Waals surface area contributed by atoms with Gasteiger partial charge in [0.15, 0.2) is 0 Å². The third-order valence-electron chi connectivity index (χ3n) is 1.48. The maximum absolute atomic E-state index is 11.1. The molecule has 0 unspecified atom stereocenters. The highest BCUT2D eigenvalue weighted by atomic mass is 16.3. The molecule has 13 heavy (non-hydrogen) atoms. The molecule has 0 aliphatic carbocycles. The number of aromatic hydroxyl groups is 1. The Morgan fingerprint density at radius 1 is 1.46 bits per heavy atom. The van der Waals surface area contributed by atoms with E-state index in [-0.39, 0.29) is 11.7 Å². The van der Waals surface area contributed by atoms with E-state index in [0.717, 1.165) is 0 Å². The molecular weight excluding hydrogens is 166 g/mol. The van der Waals surface area contributed by atoms with Crippen molar-refractivity contribution in [2.24, 2.45) is 0 Å². The molecule has 1 aromatic rings. The summed E-state index contributed by atoms with van der Waals surface area (Å²) in [7, 11) is 0. The molecule has 0 aliphatic rings. The number of nitrogens with one attached hydrogen (secondary N) is 1. The first-order chi connectivity index (χ1) is 6.22. The van der Waals surface area contributed by atoms with Gasteiger partial charge >= 0.3 is 0 Å². The number of benzene rings is 1. The van der Waals surface area contributed by atoms with Gasteiger partial charge in [0.25, 0.3) is 0 Å². The Morgan fingerprint density at radius 3 is 2.62 bits per heavy atom. The molecular formula is C10H11NO2. The molecule has 0 saturated carbocycles. The van der Waals surface area contributed by atoms with E-state index in [0.29, 0.717) is 12.1 Å². The fourth-order valence-corrected chi connectivity index (χ4v) is 0.888. The van der Waals surface area contributed by atoms with Gasteiger partial charge in [0, 0.05) is 12.1 Å². The van der Waals surface area contributed by atoms with Crippen molar-refractivity contribution >= 4 is 11.6 Å². The molecule has 3 nitrogen and oxygen atoms in total. The first-order valence-corrected chi connectivity index (χ1v) is 3.92. The van der Waals surface area contributed by atoms with Crippen molar-refractivity contribution in [3.8, 4) is 5.75 Å². The minimum atomic E-state index is -0.110. The predicted octanol–water partition coefficient (Wildman–Crippen LogP) is 1.91. The maximum Gasteiger partial charge on any atom is 0.228 e. The summed E-state index contributed by atoms with van der Waals surface area (Å²) < 4.78 is 0. The zero-order chi connectivity index (χ0) is 9.68. The fraction of sp³-hybridized carbons (Fsp3) is 0.100. The van der Waals surface area contributed by atoms with Gasteiger partial charge in [0.1, 0.15) is 5.75 Å². The van der Waals surface area contributed by atoms with Crippen LogP contribution in [-0.4, -0.2) is 11.0 Å². The minimum absolute atomic E-state index is 0.110. The van der Waals surface area contributed by atoms with E-state index in [9.17, 15) is 4.79 Å². The van der Waals surface area contributed by atoms with Crippen LogP contribution >= 0.6 is 0 Å². The molecule has 68 valence electrons. The first-order valence-electron chi connectivity index (χ1n) is 3.92. The quantitative estimate of drug-likeness (QED) is 0.547.